The van der Waals surface area contributed by atoms with Crippen LogP contribution in [-0.4, -0.2) is 4.89 Å². The molecule has 0 saturated heterocycles. The molecule has 0 bridgehead atoms. The number of hydrogen-bond donors (Lipinski definition) is 1. The highest BCUT2D eigenvalue weighted by Gasteiger charge is 2.28. The van der Waals surface area contributed by atoms with E-state index in [9.17, 15) is 9.46 Å². The molecule has 0 atom stereocenters. The third-order valence-corrected chi connectivity index (χ3v) is 5.85. The minimum Gasteiger partial charge on any atom is -0.338 e. The average molecular weight is 302 g/mol. The van der Waals surface area contributed by atoms with Crippen LogP contribution in [0.4, 0.5) is 0 Å². The van der Waals surface area contributed by atoms with E-state index < -0.39 is 7.37 Å². The van der Waals surface area contributed by atoms with Crippen LogP contribution in [0.3, 0.4) is 0 Å². The van der Waals surface area contributed by atoms with Crippen molar-refractivity contribution in [3.8, 4) is 0 Å². The highest BCUT2D eigenvalue weighted by molar-refractivity contribution is 7.73. The fraction of sp³-hybridized carbons (Fsp3) is 0.333. The molecular formula is C18H23O2P. The third-order valence-electron chi connectivity index (χ3n) is 3.67. The van der Waals surface area contributed by atoms with Gasteiger partial charge in [0.1, 0.15) is 0 Å². The Hall–Kier alpha value is -1.37. The van der Waals surface area contributed by atoms with Gasteiger partial charge in [0.15, 0.2) is 0 Å². The molecule has 0 amide bonds. The van der Waals surface area contributed by atoms with Gasteiger partial charge in [-0.1, -0.05) is 63.1 Å². The van der Waals surface area contributed by atoms with Gasteiger partial charge in [0, 0.05) is 10.6 Å². The van der Waals surface area contributed by atoms with E-state index in [1.54, 1.807) is 12.1 Å². The molecule has 1 N–H and O–H groups in total. The topological polar surface area (TPSA) is 37.3 Å². The van der Waals surface area contributed by atoms with E-state index in [4.69, 9.17) is 0 Å². The standard InChI is InChI=1S/C18H23O2P/c1-3-9-15-11-5-7-13-17(15)21(19,20)18-14-8-6-12-16(18)10-4-2/h5-8,11-14H,3-4,9-10H2,1-2H3,(H,19,20). The maximum absolute atomic E-state index is 13.2. The van der Waals surface area contributed by atoms with E-state index in [0.717, 1.165) is 36.8 Å². The van der Waals surface area contributed by atoms with Crippen molar-refractivity contribution in [1.82, 2.24) is 0 Å². The minimum absolute atomic E-state index is 0.593. The van der Waals surface area contributed by atoms with Crippen LogP contribution in [0.2, 0.25) is 0 Å². The predicted octanol–water partition coefficient (Wildman–Crippen LogP) is 3.81. The summed E-state index contributed by atoms with van der Waals surface area (Å²) in [7, 11) is -3.53. The van der Waals surface area contributed by atoms with Crippen LogP contribution in [0.5, 0.6) is 0 Å². The summed E-state index contributed by atoms with van der Waals surface area (Å²) in [6, 6.07) is 15.1. The van der Waals surface area contributed by atoms with E-state index in [1.165, 1.54) is 0 Å². The van der Waals surface area contributed by atoms with E-state index in [-0.39, 0.29) is 0 Å². The molecule has 0 unspecified atom stereocenters. The maximum Gasteiger partial charge on any atom is 0.259 e. The van der Waals surface area contributed by atoms with Crippen molar-refractivity contribution in [2.24, 2.45) is 0 Å². The van der Waals surface area contributed by atoms with Crippen molar-refractivity contribution in [2.45, 2.75) is 39.5 Å². The van der Waals surface area contributed by atoms with Crippen molar-refractivity contribution in [2.75, 3.05) is 0 Å². The summed E-state index contributed by atoms with van der Waals surface area (Å²) < 4.78 is 13.2. The Bertz CT molecular complexity index is 596. The average Bonchev–Trinajstić information content (AvgIpc) is 2.49. The Labute approximate surface area is 127 Å². The SMILES string of the molecule is CCCc1ccccc1P(=O)(O)c1ccccc1CCC. The van der Waals surface area contributed by atoms with Crippen molar-refractivity contribution in [1.29, 1.82) is 0 Å². The molecule has 0 aliphatic heterocycles. The van der Waals surface area contributed by atoms with Gasteiger partial charge in [-0.05, 0) is 36.1 Å². The second-order valence-electron chi connectivity index (χ2n) is 5.33. The van der Waals surface area contributed by atoms with Gasteiger partial charge in [-0.15, -0.1) is 0 Å². The molecule has 0 spiro atoms. The lowest BCUT2D eigenvalue weighted by molar-refractivity contribution is 0.500. The number of aryl methyl sites for hydroxylation is 2. The summed E-state index contributed by atoms with van der Waals surface area (Å²) >= 11 is 0. The number of benzene rings is 2. The summed E-state index contributed by atoms with van der Waals surface area (Å²) in [4.78, 5) is 10.8. The van der Waals surface area contributed by atoms with Crippen LogP contribution in [0.15, 0.2) is 48.5 Å². The molecule has 21 heavy (non-hydrogen) atoms. The second-order valence-corrected chi connectivity index (χ2v) is 7.45. The summed E-state index contributed by atoms with van der Waals surface area (Å²) in [5, 5.41) is 1.19. The van der Waals surface area contributed by atoms with Crippen molar-refractivity contribution < 1.29 is 9.46 Å². The zero-order chi connectivity index (χ0) is 15.3. The molecule has 0 aliphatic rings. The molecular weight excluding hydrogens is 279 g/mol. The molecule has 2 nitrogen and oxygen atoms in total. The normalized spacial score (nSPS) is 11.6. The van der Waals surface area contributed by atoms with Crippen LogP contribution in [0, 0.1) is 0 Å². The summed E-state index contributed by atoms with van der Waals surface area (Å²) in [5.41, 5.74) is 1.97. The minimum atomic E-state index is -3.53. The van der Waals surface area contributed by atoms with Crippen LogP contribution < -0.4 is 10.6 Å². The van der Waals surface area contributed by atoms with Crippen molar-refractivity contribution in [3.63, 3.8) is 0 Å². The predicted molar refractivity (Wildman–Crippen MR) is 90.0 cm³/mol. The maximum atomic E-state index is 13.2. The van der Waals surface area contributed by atoms with Crippen molar-refractivity contribution >= 4 is 18.0 Å². The summed E-state index contributed by atoms with van der Waals surface area (Å²) in [6.45, 7) is 4.17. The molecule has 112 valence electrons. The summed E-state index contributed by atoms with van der Waals surface area (Å²) in [5.74, 6) is 0. The van der Waals surface area contributed by atoms with E-state index in [1.807, 2.05) is 36.4 Å². The molecule has 0 fully saturated rings. The van der Waals surface area contributed by atoms with Gasteiger partial charge in [0.2, 0.25) is 0 Å². The Kier molecular flexibility index (Phi) is 5.39. The van der Waals surface area contributed by atoms with Crippen LogP contribution in [0.1, 0.15) is 37.8 Å². The molecule has 2 aromatic carbocycles. The quantitative estimate of drug-likeness (QED) is 0.824. The van der Waals surface area contributed by atoms with E-state index in [2.05, 4.69) is 13.8 Å². The first-order chi connectivity index (χ1) is 10.1. The Morgan fingerprint density at radius 3 is 1.57 bits per heavy atom. The third kappa shape index (κ3) is 3.45. The first-order valence-corrected chi connectivity index (χ1v) is 9.27. The first-order valence-electron chi connectivity index (χ1n) is 7.61. The molecule has 2 rings (SSSR count). The van der Waals surface area contributed by atoms with Gasteiger partial charge in [0.05, 0.1) is 0 Å². The Morgan fingerprint density at radius 2 is 1.19 bits per heavy atom. The Morgan fingerprint density at radius 1 is 0.810 bits per heavy atom. The smallest absolute Gasteiger partial charge is 0.259 e. The highest BCUT2D eigenvalue weighted by atomic mass is 31.2. The molecule has 2 aromatic rings. The zero-order valence-electron chi connectivity index (χ0n) is 12.7. The lowest BCUT2D eigenvalue weighted by Crippen LogP contribution is -2.22. The van der Waals surface area contributed by atoms with E-state index >= 15 is 0 Å². The van der Waals surface area contributed by atoms with Gasteiger partial charge in [-0.3, -0.25) is 4.57 Å². The van der Waals surface area contributed by atoms with Crippen molar-refractivity contribution in [3.05, 3.63) is 59.7 Å². The molecule has 3 heteroatoms. The lowest BCUT2D eigenvalue weighted by atomic mass is 10.1. The van der Waals surface area contributed by atoms with Gasteiger partial charge in [0.25, 0.3) is 7.37 Å². The second kappa shape index (κ2) is 7.06. The fourth-order valence-electron chi connectivity index (χ4n) is 2.70. The van der Waals surface area contributed by atoms with Gasteiger partial charge >= 0.3 is 0 Å². The molecule has 0 aromatic heterocycles. The molecule has 0 heterocycles. The largest absolute Gasteiger partial charge is 0.338 e. The van der Waals surface area contributed by atoms with Gasteiger partial charge < -0.3 is 4.89 Å². The first kappa shape index (κ1) is 16.0. The number of rotatable bonds is 6. The fourth-order valence-corrected chi connectivity index (χ4v) is 4.69. The zero-order valence-corrected chi connectivity index (χ0v) is 13.6. The highest BCUT2D eigenvalue weighted by Crippen LogP contribution is 2.40. The monoisotopic (exact) mass is 302 g/mol. The van der Waals surface area contributed by atoms with Crippen LogP contribution in [-0.2, 0) is 17.4 Å². The number of hydrogen-bond acceptors (Lipinski definition) is 1. The van der Waals surface area contributed by atoms with E-state index in [0.29, 0.717) is 10.6 Å². The van der Waals surface area contributed by atoms with Gasteiger partial charge in [-0.25, -0.2) is 0 Å². The van der Waals surface area contributed by atoms with Crippen LogP contribution >= 0.6 is 7.37 Å². The Balaban J connectivity index is 2.55. The van der Waals surface area contributed by atoms with Gasteiger partial charge in [-0.2, -0.15) is 0 Å². The summed E-state index contributed by atoms with van der Waals surface area (Å²) in [6.07, 6.45) is 3.59. The molecule has 0 aliphatic carbocycles. The molecule has 0 saturated carbocycles. The van der Waals surface area contributed by atoms with Crippen LogP contribution in [0.25, 0.3) is 0 Å². The molecule has 0 radical (unpaired) electrons. The lowest BCUT2D eigenvalue weighted by Gasteiger charge is -2.19.